The number of halogens is 1. The molecule has 1 atom stereocenters. The van der Waals surface area contributed by atoms with Gasteiger partial charge in [0, 0.05) is 17.7 Å². The summed E-state index contributed by atoms with van der Waals surface area (Å²) < 4.78 is 13.3. The van der Waals surface area contributed by atoms with E-state index in [0.29, 0.717) is 36.0 Å². The van der Waals surface area contributed by atoms with Crippen molar-refractivity contribution in [2.45, 2.75) is 25.3 Å². The molecule has 2 aromatic heterocycles. The Labute approximate surface area is 176 Å². The van der Waals surface area contributed by atoms with Crippen LogP contribution in [0.1, 0.15) is 35.1 Å². The fourth-order valence-corrected chi connectivity index (χ4v) is 4.13. The molecule has 0 aliphatic heterocycles. The minimum Gasteiger partial charge on any atom is -0.344 e. The molecule has 1 amide bonds. The number of nitrogens with zero attached hydrogens (tertiary/aromatic N) is 1. The van der Waals surface area contributed by atoms with Crippen LogP contribution in [-0.4, -0.2) is 15.9 Å². The number of H-pyrrole nitrogens is 1. The Morgan fingerprint density at radius 3 is 2.67 bits per heavy atom. The summed E-state index contributed by atoms with van der Waals surface area (Å²) in [5, 5.41) is 5.54. The highest BCUT2D eigenvalue weighted by atomic mass is 32.1. The first-order valence-corrected chi connectivity index (χ1v) is 10.5. The normalized spacial score (nSPS) is 12.0. The average Bonchev–Trinajstić information content (AvgIpc) is 3.27. The monoisotopic (exact) mass is 421 g/mol. The number of nitrogens with one attached hydrogen (secondary N) is 2. The van der Waals surface area contributed by atoms with Crippen LogP contribution in [-0.2, 0) is 11.2 Å². The molecule has 0 aliphatic rings. The number of carbonyl (C=O) groups excluding carboxylic acids is 1. The van der Waals surface area contributed by atoms with Crippen molar-refractivity contribution in [1.82, 2.24) is 15.3 Å². The van der Waals surface area contributed by atoms with E-state index in [-0.39, 0.29) is 23.3 Å². The molecule has 1 unspecified atom stereocenters. The summed E-state index contributed by atoms with van der Waals surface area (Å²) in [5.41, 5.74) is 1.30. The number of aromatic amines is 1. The lowest BCUT2D eigenvalue weighted by atomic mass is 10.0. The Morgan fingerprint density at radius 1 is 1.10 bits per heavy atom. The van der Waals surface area contributed by atoms with Crippen molar-refractivity contribution in [2.24, 2.45) is 0 Å². The third-order valence-corrected chi connectivity index (χ3v) is 5.75. The second-order valence-electron chi connectivity index (χ2n) is 6.95. The van der Waals surface area contributed by atoms with Gasteiger partial charge in [-0.05, 0) is 47.7 Å². The van der Waals surface area contributed by atoms with Gasteiger partial charge in [0.2, 0.25) is 5.91 Å². The van der Waals surface area contributed by atoms with Crippen molar-refractivity contribution in [3.63, 3.8) is 0 Å². The first-order chi connectivity index (χ1) is 14.6. The molecule has 152 valence electrons. The topological polar surface area (TPSA) is 74.8 Å². The zero-order valence-corrected chi connectivity index (χ0v) is 16.9. The molecule has 4 aromatic rings. The van der Waals surface area contributed by atoms with Crippen LogP contribution in [0.5, 0.6) is 0 Å². The Morgan fingerprint density at radius 2 is 1.90 bits per heavy atom. The predicted octanol–water partition coefficient (Wildman–Crippen LogP) is 4.35. The van der Waals surface area contributed by atoms with Gasteiger partial charge in [-0.3, -0.25) is 9.59 Å². The molecular formula is C23H20FN3O2S. The summed E-state index contributed by atoms with van der Waals surface area (Å²) in [6, 6.07) is 16.9. The average molecular weight is 421 g/mol. The van der Waals surface area contributed by atoms with Crippen molar-refractivity contribution >= 4 is 28.1 Å². The lowest BCUT2D eigenvalue weighted by Crippen LogP contribution is -2.28. The van der Waals surface area contributed by atoms with Gasteiger partial charge in [0.15, 0.2) is 0 Å². The van der Waals surface area contributed by atoms with Crippen LogP contribution in [0.4, 0.5) is 4.39 Å². The van der Waals surface area contributed by atoms with Gasteiger partial charge in [-0.1, -0.05) is 30.3 Å². The molecule has 5 nitrogen and oxygen atoms in total. The Hall–Kier alpha value is -3.32. The molecule has 2 aromatic carbocycles. The summed E-state index contributed by atoms with van der Waals surface area (Å²) in [7, 11) is 0. The van der Waals surface area contributed by atoms with Gasteiger partial charge < -0.3 is 10.3 Å². The molecular weight excluding hydrogens is 401 g/mol. The minimum atomic E-state index is -0.322. The second-order valence-corrected chi connectivity index (χ2v) is 7.93. The standard InChI is InChI=1S/C23H20FN3O2S/c24-16-12-10-15(11-13-16)22(19-7-4-14-30-19)27-21(28)9-3-8-20-25-18-6-2-1-5-17(18)23(29)26-20/h1-2,4-7,10-14,22H,3,8-9H2,(H,27,28)(H,25,26,29). The number of thiophene rings is 1. The van der Waals surface area contributed by atoms with E-state index in [4.69, 9.17) is 0 Å². The molecule has 2 heterocycles. The molecule has 0 aliphatic carbocycles. The molecule has 4 rings (SSSR count). The number of hydrogen-bond acceptors (Lipinski definition) is 4. The van der Waals surface area contributed by atoms with Crippen molar-refractivity contribution in [3.8, 4) is 0 Å². The number of fused-ring (bicyclic) bond motifs is 1. The lowest BCUT2D eigenvalue weighted by Gasteiger charge is -2.18. The van der Waals surface area contributed by atoms with Crippen molar-refractivity contribution in [2.75, 3.05) is 0 Å². The van der Waals surface area contributed by atoms with Crippen molar-refractivity contribution in [3.05, 3.63) is 98.5 Å². The van der Waals surface area contributed by atoms with Crippen molar-refractivity contribution in [1.29, 1.82) is 0 Å². The van der Waals surface area contributed by atoms with Gasteiger partial charge in [-0.15, -0.1) is 11.3 Å². The third kappa shape index (κ3) is 4.63. The smallest absolute Gasteiger partial charge is 0.258 e. The number of aryl methyl sites for hydroxylation is 1. The molecule has 0 fully saturated rings. The van der Waals surface area contributed by atoms with Gasteiger partial charge in [-0.2, -0.15) is 0 Å². The van der Waals surface area contributed by atoms with Gasteiger partial charge in [-0.25, -0.2) is 9.37 Å². The summed E-state index contributed by atoms with van der Waals surface area (Å²) in [4.78, 5) is 33.0. The first-order valence-electron chi connectivity index (χ1n) is 9.66. The predicted molar refractivity (Wildman–Crippen MR) is 116 cm³/mol. The van der Waals surface area contributed by atoms with E-state index >= 15 is 0 Å². The van der Waals surface area contributed by atoms with E-state index in [1.54, 1.807) is 30.3 Å². The number of carbonyl (C=O) groups is 1. The molecule has 0 saturated heterocycles. The second kappa shape index (κ2) is 9.00. The third-order valence-electron chi connectivity index (χ3n) is 4.82. The van der Waals surface area contributed by atoms with Crippen molar-refractivity contribution < 1.29 is 9.18 Å². The van der Waals surface area contributed by atoms with Gasteiger partial charge in [0.05, 0.1) is 16.9 Å². The maximum atomic E-state index is 13.3. The Balaban J connectivity index is 1.40. The first kappa shape index (κ1) is 20.0. The van der Waals surface area contributed by atoms with E-state index in [9.17, 15) is 14.0 Å². The molecule has 0 saturated carbocycles. The van der Waals surface area contributed by atoms with E-state index in [1.807, 2.05) is 23.6 Å². The van der Waals surface area contributed by atoms with E-state index < -0.39 is 0 Å². The van der Waals surface area contributed by atoms with E-state index in [0.717, 1.165) is 10.4 Å². The van der Waals surface area contributed by atoms with Crippen LogP contribution in [0.25, 0.3) is 10.9 Å². The Kier molecular flexibility index (Phi) is 5.99. The van der Waals surface area contributed by atoms with E-state index in [2.05, 4.69) is 15.3 Å². The number of amides is 1. The molecule has 7 heteroatoms. The van der Waals surface area contributed by atoms with Crippen LogP contribution in [0.2, 0.25) is 0 Å². The minimum absolute atomic E-state index is 0.110. The summed E-state index contributed by atoms with van der Waals surface area (Å²) in [6.45, 7) is 0. The largest absolute Gasteiger partial charge is 0.344 e. The summed E-state index contributed by atoms with van der Waals surface area (Å²) in [6.07, 6.45) is 1.33. The molecule has 2 N–H and O–H groups in total. The van der Waals surface area contributed by atoms with Crippen LogP contribution in [0.15, 0.2) is 70.8 Å². The number of hydrogen-bond donors (Lipinski definition) is 2. The summed E-state index contributed by atoms with van der Waals surface area (Å²) >= 11 is 1.54. The zero-order chi connectivity index (χ0) is 20.9. The molecule has 0 bridgehead atoms. The van der Waals surface area contributed by atoms with Gasteiger partial charge >= 0.3 is 0 Å². The number of rotatable bonds is 7. The highest BCUT2D eigenvalue weighted by molar-refractivity contribution is 7.10. The number of aromatic nitrogens is 2. The van der Waals surface area contributed by atoms with E-state index in [1.165, 1.54) is 23.5 Å². The van der Waals surface area contributed by atoms with Crippen LogP contribution < -0.4 is 10.9 Å². The SMILES string of the molecule is O=C(CCCc1nc2ccccc2c(=O)[nH]1)NC(c1ccc(F)cc1)c1cccs1. The number of para-hydroxylation sites is 1. The van der Waals surface area contributed by atoms with Gasteiger partial charge in [0.25, 0.3) is 5.56 Å². The summed E-state index contributed by atoms with van der Waals surface area (Å²) in [5.74, 6) is 0.146. The fraction of sp³-hybridized carbons (Fsp3) is 0.174. The maximum Gasteiger partial charge on any atom is 0.258 e. The van der Waals surface area contributed by atoms with Crippen LogP contribution in [0, 0.1) is 5.82 Å². The Bertz CT molecular complexity index is 1200. The fourth-order valence-electron chi connectivity index (χ4n) is 3.33. The maximum absolute atomic E-state index is 13.3. The lowest BCUT2D eigenvalue weighted by molar-refractivity contribution is -0.121. The highest BCUT2D eigenvalue weighted by Gasteiger charge is 2.18. The molecule has 0 spiro atoms. The van der Waals surface area contributed by atoms with Crippen LogP contribution in [0.3, 0.4) is 0 Å². The highest BCUT2D eigenvalue weighted by Crippen LogP contribution is 2.26. The molecule has 0 radical (unpaired) electrons. The van der Waals surface area contributed by atoms with Crippen LogP contribution >= 0.6 is 11.3 Å². The zero-order valence-electron chi connectivity index (χ0n) is 16.1. The molecule has 30 heavy (non-hydrogen) atoms. The number of benzene rings is 2. The quantitative estimate of drug-likeness (QED) is 0.466. The van der Waals surface area contributed by atoms with Gasteiger partial charge in [0.1, 0.15) is 11.6 Å².